The van der Waals surface area contributed by atoms with Crippen LogP contribution < -0.4 is 15.4 Å². The van der Waals surface area contributed by atoms with E-state index in [1.165, 1.54) is 82.1 Å². The number of nitrogens with one attached hydrogen (secondary N) is 3. The number of pyridine rings is 1. The minimum absolute atomic E-state index is 0.0252. The number of benzene rings is 1. The van der Waals surface area contributed by atoms with E-state index in [1.54, 1.807) is 6.92 Å². The lowest BCUT2D eigenvalue weighted by atomic mass is 9.87. The molecule has 3 aliphatic rings. The van der Waals surface area contributed by atoms with Crippen LogP contribution in [0.1, 0.15) is 186 Å². The van der Waals surface area contributed by atoms with Crippen molar-refractivity contribution in [2.45, 2.75) is 178 Å². The Bertz CT molecular complexity index is 2300. The maximum atomic E-state index is 12.7. The lowest BCUT2D eigenvalue weighted by Gasteiger charge is -2.37. The van der Waals surface area contributed by atoms with Crippen molar-refractivity contribution in [1.82, 2.24) is 35.0 Å². The van der Waals surface area contributed by atoms with Gasteiger partial charge in [-0.1, -0.05) is 109 Å². The number of hydrogen-bond acceptors (Lipinski definition) is 11. The number of amides is 1. The zero-order chi connectivity index (χ0) is 58.2. The van der Waals surface area contributed by atoms with Gasteiger partial charge in [-0.25, -0.2) is 4.99 Å². The number of hydrogen-bond donors (Lipinski definition) is 3. The number of allylic oxidation sites excluding steroid dienone is 7. The van der Waals surface area contributed by atoms with Crippen LogP contribution in [0.4, 0.5) is 3.89 Å². The molecule has 2 aromatic rings. The number of carbonyl (C=O) groups is 3. The Morgan fingerprint density at radius 2 is 1.63 bits per heavy atom. The molecule has 5 rings (SSSR count). The average Bonchev–Trinajstić information content (AvgIpc) is 3.59. The predicted molar refractivity (Wildman–Crippen MR) is 330 cm³/mol. The molecule has 1 amide bonds. The van der Waals surface area contributed by atoms with Crippen molar-refractivity contribution in [3.8, 4) is 0 Å². The number of piperidine rings is 1. The van der Waals surface area contributed by atoms with E-state index in [-0.39, 0.29) is 61.1 Å². The number of likely N-dealkylation sites (N-methyl/N-ethyl adjacent to an activating group) is 1. The predicted octanol–water partition coefficient (Wildman–Crippen LogP) is 13.8. The lowest BCUT2D eigenvalue weighted by Crippen LogP contribution is -2.46. The zero-order valence-electron chi connectivity index (χ0n) is 50.7. The molecular formula is C64H101FN8O4S. The number of ether oxygens (including phenoxy) is 1. The van der Waals surface area contributed by atoms with Gasteiger partial charge in [0.2, 0.25) is 5.91 Å². The molecule has 0 aliphatic carbocycles. The number of aromatic nitrogens is 1. The van der Waals surface area contributed by atoms with Gasteiger partial charge in [-0.05, 0) is 172 Å². The molecule has 0 saturated carbocycles. The van der Waals surface area contributed by atoms with E-state index < -0.39 is 0 Å². The zero-order valence-corrected chi connectivity index (χ0v) is 51.5. The first-order valence-corrected chi connectivity index (χ1v) is 29.7. The number of aryl methyl sites for hydroxylation is 1. The van der Waals surface area contributed by atoms with Gasteiger partial charge >= 0.3 is 0 Å². The van der Waals surface area contributed by atoms with Crippen LogP contribution in [0, 0.1) is 12.8 Å². The SMILES string of the molecule is C=C(/C=C\C(=C/C)c1ccnc(C)c1/C=C(\C)C(C)N1CCC(c2ccc(C(C)=O)cc2)CC1)N=C(COC)NSF.CC.CC1=CC=C(NC2CCC(=O)CNC2=O)C(C)N1C.CCCC(CCC)CN(CCC)CCC. The fourth-order valence-corrected chi connectivity index (χ4v) is 10.2. The lowest BCUT2D eigenvalue weighted by molar-refractivity contribution is -0.124. The first-order chi connectivity index (χ1) is 37.4. The van der Waals surface area contributed by atoms with Gasteiger partial charge in [-0.3, -0.25) is 29.0 Å². The van der Waals surface area contributed by atoms with E-state index >= 15 is 0 Å². The Labute approximate surface area is 476 Å². The quantitative estimate of drug-likeness (QED) is 0.0305. The summed E-state index contributed by atoms with van der Waals surface area (Å²) >= 11 is -0.0252. The third-order valence-electron chi connectivity index (χ3n) is 14.8. The van der Waals surface area contributed by atoms with Gasteiger partial charge in [0, 0.05) is 67.6 Å². The van der Waals surface area contributed by atoms with Crippen molar-refractivity contribution >= 4 is 47.3 Å². The molecule has 4 heterocycles. The first kappa shape index (κ1) is 69.0. The van der Waals surface area contributed by atoms with E-state index in [0.717, 1.165) is 65.5 Å². The number of rotatable bonds is 24. The second-order valence-electron chi connectivity index (χ2n) is 20.6. The second kappa shape index (κ2) is 38.5. The number of halogens is 1. The molecule has 2 fully saturated rings. The number of ketones is 2. The molecule has 3 atom stereocenters. The molecule has 12 nitrogen and oxygen atoms in total. The summed E-state index contributed by atoms with van der Waals surface area (Å²) in [5, 5.41) is 5.94. The average molecular weight is 1100 g/mol. The highest BCUT2D eigenvalue weighted by molar-refractivity contribution is 7.92. The first-order valence-electron chi connectivity index (χ1n) is 29.0. The Kier molecular flexibility index (Phi) is 34.0. The molecule has 3 N–H and O–H groups in total. The minimum Gasteiger partial charge on any atom is -0.377 e. The number of nitrogens with zero attached hydrogens (tertiary/aromatic N) is 5. The maximum absolute atomic E-state index is 12.7. The Morgan fingerprint density at radius 3 is 2.19 bits per heavy atom. The van der Waals surface area contributed by atoms with E-state index in [4.69, 9.17) is 4.74 Å². The number of aliphatic imine (C=N–C) groups is 1. The van der Waals surface area contributed by atoms with Crippen molar-refractivity contribution in [1.29, 1.82) is 0 Å². The van der Waals surface area contributed by atoms with Crippen LogP contribution in [0.25, 0.3) is 11.6 Å². The van der Waals surface area contributed by atoms with Crippen LogP contribution in [-0.2, 0) is 14.3 Å². The van der Waals surface area contributed by atoms with Gasteiger partial charge in [0.25, 0.3) is 0 Å². The molecular weight excluding hydrogens is 996 g/mol. The third kappa shape index (κ3) is 23.7. The normalized spacial score (nSPS) is 18.1. The summed E-state index contributed by atoms with van der Waals surface area (Å²) in [5.74, 6) is 1.92. The van der Waals surface area contributed by atoms with Crippen LogP contribution in [0.3, 0.4) is 0 Å². The van der Waals surface area contributed by atoms with Gasteiger partial charge in [-0.2, -0.15) is 0 Å². The molecule has 1 aromatic heterocycles. The standard InChI is InChI=1S/C34H43FN4O2S.C14H21N3O2.C14H31N.C2H6/c1-8-28(10-9-24(3)37-34(22-41-7)38-42-35)32-15-18-36-25(4)33(32)21-23(2)26(5)39-19-16-31(17-20-39)30-13-11-29(12-14-30)27(6)40;1-9-4-6-12(10(2)17(9)3)16-13-7-5-11(18)8-15-14(13)19;1-5-9-14(10-6-2)13-15(11-7-3)12-8-4;1-2/h8-15,18,21,26,31H,3,16-17,19-20,22H2,1-2,4-7H3,(H,37,38);4,6,10,13,16H,5,7-8H2,1-3H3,(H,15,19);14H,5-13H2,1-4H3;1-2H3/b10-9-,23-21+,28-8+;;;. The maximum Gasteiger partial charge on any atom is 0.242 e. The van der Waals surface area contributed by atoms with Gasteiger partial charge < -0.3 is 25.2 Å². The molecule has 0 radical (unpaired) electrons. The van der Waals surface area contributed by atoms with Crippen LogP contribution in [0.5, 0.6) is 0 Å². The van der Waals surface area contributed by atoms with Gasteiger partial charge in [0.15, 0.2) is 23.9 Å². The smallest absolute Gasteiger partial charge is 0.242 e. The summed E-state index contributed by atoms with van der Waals surface area (Å²) in [6, 6.07) is 10.3. The fraction of sp³-hybridized carbons (Fsp3) is 0.578. The van der Waals surface area contributed by atoms with Crippen molar-refractivity contribution in [2.75, 3.05) is 60.0 Å². The van der Waals surface area contributed by atoms with Gasteiger partial charge in [0.05, 0.1) is 18.3 Å². The van der Waals surface area contributed by atoms with Crippen molar-refractivity contribution in [3.63, 3.8) is 0 Å². The van der Waals surface area contributed by atoms with E-state index in [9.17, 15) is 18.3 Å². The van der Waals surface area contributed by atoms with Gasteiger partial charge in [-0.15, -0.1) is 3.89 Å². The molecule has 0 spiro atoms. The molecule has 78 heavy (non-hydrogen) atoms. The molecule has 2 saturated heterocycles. The molecule has 0 bridgehead atoms. The number of Topliss-reactive ketones (excluding diaryl/α,β-unsaturated/α-hetero) is 2. The highest BCUT2D eigenvalue weighted by Gasteiger charge is 2.28. The summed E-state index contributed by atoms with van der Waals surface area (Å²) in [6.07, 6.45) is 25.3. The number of amidine groups is 1. The monoisotopic (exact) mass is 1100 g/mol. The molecule has 3 aliphatic heterocycles. The van der Waals surface area contributed by atoms with Crippen LogP contribution in [0.15, 0.2) is 101 Å². The van der Waals surface area contributed by atoms with E-state index in [2.05, 4.69) is 126 Å². The van der Waals surface area contributed by atoms with Crippen LogP contribution in [-0.4, -0.2) is 121 Å². The molecule has 1 aromatic carbocycles. The summed E-state index contributed by atoms with van der Waals surface area (Å²) < 4.78 is 20.2. The summed E-state index contributed by atoms with van der Waals surface area (Å²) in [6.45, 7) is 37.7. The molecule has 14 heteroatoms. The van der Waals surface area contributed by atoms with E-state index in [1.807, 2.05) is 83.4 Å². The summed E-state index contributed by atoms with van der Waals surface area (Å²) in [5.41, 5.74) is 10.2. The Morgan fingerprint density at radius 1 is 0.987 bits per heavy atom. The number of methoxy groups -OCH3 is 1. The van der Waals surface area contributed by atoms with Crippen molar-refractivity contribution in [2.24, 2.45) is 10.9 Å². The van der Waals surface area contributed by atoms with Crippen molar-refractivity contribution in [3.05, 3.63) is 124 Å². The highest BCUT2D eigenvalue weighted by atomic mass is 32.2. The topological polar surface area (TPSA) is 132 Å². The van der Waals surface area contributed by atoms with Crippen molar-refractivity contribution < 1.29 is 23.0 Å². The second-order valence-corrected chi connectivity index (χ2v) is 21.0. The highest BCUT2D eigenvalue weighted by Crippen LogP contribution is 2.32. The van der Waals surface area contributed by atoms with Gasteiger partial charge in [0.1, 0.15) is 18.5 Å². The summed E-state index contributed by atoms with van der Waals surface area (Å²) in [4.78, 5) is 51.2. The molecule has 3 unspecified atom stereocenters. The fourth-order valence-electron chi connectivity index (χ4n) is 10.0. The third-order valence-corrected chi connectivity index (χ3v) is 15.1. The van der Waals surface area contributed by atoms with Crippen LogP contribution in [0.2, 0.25) is 0 Å². The van der Waals surface area contributed by atoms with Crippen LogP contribution >= 0.6 is 12.3 Å². The largest absolute Gasteiger partial charge is 0.377 e. The Balaban J connectivity index is 0.000000473. The summed E-state index contributed by atoms with van der Waals surface area (Å²) in [7, 11) is 3.56. The van der Waals surface area contributed by atoms with E-state index in [0.29, 0.717) is 30.3 Å². The number of likely N-dealkylation sites (tertiary alicyclic amines) is 1. The molecule has 434 valence electrons. The minimum atomic E-state index is -0.319. The Hall–Kier alpha value is -5.15. The number of carbonyl (C=O) groups excluding carboxylic acids is 3.